The Balaban J connectivity index is 0.00000151. The molecule has 16 nitrogen and oxygen atoms in total. The van der Waals surface area contributed by atoms with E-state index in [9.17, 15) is 24.3 Å². The van der Waals surface area contributed by atoms with E-state index >= 15 is 0 Å². The highest BCUT2D eigenvalue weighted by Crippen LogP contribution is 2.44. The maximum atomic E-state index is 13.9. The summed E-state index contributed by atoms with van der Waals surface area (Å²) in [5.41, 5.74) is 6.41. The van der Waals surface area contributed by atoms with E-state index in [-0.39, 0.29) is 47.7 Å². The fourth-order valence-electron chi connectivity index (χ4n) is 9.37. The van der Waals surface area contributed by atoms with Crippen LogP contribution < -0.4 is 15.4 Å². The molecule has 3 aliphatic rings. The SMILES string of the molecule is CC(C)C.COC[C@H]1C[C@@H](c2ncc(-c3ccc4c(c3)COc3cc5c(ccc6[nH]c([C@@H]7CC[C@H](C)N7C(=O)[C@@H](NC(=O)O)C(C)C)nc65)cc3-4)[nH]2)N(C(=O)[C@@H](NC(=O)OC)C(C)C)C1. The van der Waals surface area contributed by atoms with Crippen LogP contribution in [0.4, 0.5) is 9.59 Å². The third-order valence-corrected chi connectivity index (χ3v) is 12.5. The first-order valence-electron chi connectivity index (χ1n) is 22.7. The molecule has 348 valence electrons. The van der Waals surface area contributed by atoms with Gasteiger partial charge >= 0.3 is 12.2 Å². The fourth-order valence-corrected chi connectivity index (χ4v) is 9.37. The first-order chi connectivity index (χ1) is 31.0. The van der Waals surface area contributed by atoms with Crippen molar-refractivity contribution in [3.8, 4) is 28.1 Å². The van der Waals surface area contributed by atoms with Crippen molar-refractivity contribution in [2.45, 2.75) is 111 Å². The van der Waals surface area contributed by atoms with Crippen LogP contribution in [-0.2, 0) is 25.7 Å². The summed E-state index contributed by atoms with van der Waals surface area (Å²) in [6.07, 6.45) is 2.07. The number of aromatic amines is 2. The van der Waals surface area contributed by atoms with E-state index in [1.165, 1.54) is 7.11 Å². The van der Waals surface area contributed by atoms with Crippen LogP contribution in [0.15, 0.2) is 48.7 Å². The summed E-state index contributed by atoms with van der Waals surface area (Å²) in [7, 11) is 2.93. The first-order valence-corrected chi connectivity index (χ1v) is 22.7. The lowest BCUT2D eigenvalue weighted by molar-refractivity contribution is -0.137. The number of carbonyl (C=O) groups excluding carboxylic acids is 3. The van der Waals surface area contributed by atoms with Gasteiger partial charge in [-0.05, 0) is 90.3 Å². The fraction of sp³-hybridized carbons (Fsp3) is 0.510. The van der Waals surface area contributed by atoms with Crippen LogP contribution in [0.1, 0.15) is 104 Å². The van der Waals surface area contributed by atoms with Gasteiger partial charge in [0.2, 0.25) is 11.8 Å². The Hall–Kier alpha value is -6.16. The van der Waals surface area contributed by atoms with E-state index in [1.54, 1.807) is 23.1 Å². The van der Waals surface area contributed by atoms with Crippen molar-refractivity contribution in [2.75, 3.05) is 27.4 Å². The van der Waals surface area contributed by atoms with Crippen molar-refractivity contribution in [1.82, 2.24) is 40.4 Å². The molecule has 3 aromatic carbocycles. The third-order valence-electron chi connectivity index (χ3n) is 12.5. The first kappa shape index (κ1) is 46.8. The number of hydrogen-bond acceptors (Lipinski definition) is 9. The van der Waals surface area contributed by atoms with Gasteiger partial charge in [0, 0.05) is 36.6 Å². The van der Waals surface area contributed by atoms with Gasteiger partial charge in [-0.25, -0.2) is 19.6 Å². The number of ether oxygens (including phenoxy) is 3. The van der Waals surface area contributed by atoms with Gasteiger partial charge in [0.1, 0.15) is 36.1 Å². The minimum Gasteiger partial charge on any atom is -0.488 e. The van der Waals surface area contributed by atoms with E-state index < -0.39 is 24.3 Å². The van der Waals surface area contributed by atoms with E-state index in [0.29, 0.717) is 44.2 Å². The number of rotatable bonds is 11. The summed E-state index contributed by atoms with van der Waals surface area (Å²) < 4.78 is 16.7. The Kier molecular flexibility index (Phi) is 14.1. The second-order valence-corrected chi connectivity index (χ2v) is 19.0. The van der Waals surface area contributed by atoms with Crippen molar-refractivity contribution in [2.24, 2.45) is 23.7 Å². The number of fused-ring (bicyclic) bond motifs is 6. The summed E-state index contributed by atoms with van der Waals surface area (Å²) in [5.74, 6) is 2.20. The molecule has 0 saturated carbocycles. The van der Waals surface area contributed by atoms with Gasteiger partial charge in [-0.1, -0.05) is 66.7 Å². The maximum absolute atomic E-state index is 13.9. The van der Waals surface area contributed by atoms with Crippen LogP contribution in [0.5, 0.6) is 5.75 Å². The molecule has 0 unspecified atom stereocenters. The molecule has 65 heavy (non-hydrogen) atoms. The molecule has 5 aromatic rings. The van der Waals surface area contributed by atoms with Gasteiger partial charge in [0.05, 0.1) is 48.7 Å². The van der Waals surface area contributed by atoms with Crippen LogP contribution in [0.2, 0.25) is 0 Å². The molecule has 2 saturated heterocycles. The minimum atomic E-state index is -1.22. The molecule has 2 aromatic heterocycles. The lowest BCUT2D eigenvalue weighted by atomic mass is 9.92. The number of H-pyrrole nitrogens is 2. The normalized spacial score (nSPS) is 20.0. The number of benzene rings is 3. The molecule has 3 aliphatic heterocycles. The molecule has 16 heteroatoms. The largest absolute Gasteiger partial charge is 0.488 e. The molecule has 0 spiro atoms. The van der Waals surface area contributed by atoms with E-state index in [1.807, 2.05) is 46.8 Å². The number of carbonyl (C=O) groups is 4. The Labute approximate surface area is 380 Å². The van der Waals surface area contributed by atoms with E-state index in [4.69, 9.17) is 24.2 Å². The summed E-state index contributed by atoms with van der Waals surface area (Å²) in [6, 6.07) is 12.2. The number of methoxy groups -OCH3 is 2. The smallest absolute Gasteiger partial charge is 0.407 e. The van der Waals surface area contributed by atoms with Crippen LogP contribution in [0.25, 0.3) is 44.2 Å². The summed E-state index contributed by atoms with van der Waals surface area (Å²) in [5, 5.41) is 16.5. The van der Waals surface area contributed by atoms with Crippen molar-refractivity contribution in [3.63, 3.8) is 0 Å². The molecule has 6 atom stereocenters. The van der Waals surface area contributed by atoms with E-state index in [0.717, 1.165) is 67.8 Å². The molecule has 0 radical (unpaired) electrons. The molecule has 8 rings (SSSR count). The maximum Gasteiger partial charge on any atom is 0.407 e. The van der Waals surface area contributed by atoms with Crippen LogP contribution in [-0.4, -0.2) is 104 Å². The summed E-state index contributed by atoms with van der Waals surface area (Å²) in [6.45, 7) is 17.3. The van der Waals surface area contributed by atoms with Gasteiger partial charge in [0.25, 0.3) is 0 Å². The zero-order valence-corrected chi connectivity index (χ0v) is 39.2. The standard InChI is InChI=1S/C45H54N8O8.C4H10/c1-22(2)37(51-45(58)60-7)42(54)52-19-25(20-59-6)14-35(52)40-46-18-33(48-40)27-9-11-29-28(15-27)21-61-36-17-30-26(16-31(29)36)10-12-32-39(30)49-41(47-32)34-13-8-24(5)53(34)43(55)38(23(3)4)50-44(56)57;1-4(2)3/h9-12,15-18,22-25,34-35,37-38,50H,8,13-14,19-21H2,1-7H3,(H,46,48)(H,47,49)(H,51,58)(H,56,57);4H,1-3H3/t24-,25-,34-,35-,37-,38-;/m0./s1. The lowest BCUT2D eigenvalue weighted by Crippen LogP contribution is -2.52. The Morgan fingerprint density at radius 3 is 2.28 bits per heavy atom. The van der Waals surface area contributed by atoms with Crippen molar-refractivity contribution >= 4 is 45.8 Å². The van der Waals surface area contributed by atoms with Gasteiger partial charge in [-0.15, -0.1) is 0 Å². The van der Waals surface area contributed by atoms with Gasteiger partial charge in [-0.3, -0.25) is 9.59 Å². The molecule has 4 amide bonds. The van der Waals surface area contributed by atoms with Crippen LogP contribution in [0, 0.1) is 23.7 Å². The molecule has 5 N–H and O–H groups in total. The van der Waals surface area contributed by atoms with Crippen molar-refractivity contribution in [3.05, 3.63) is 65.9 Å². The Morgan fingerprint density at radius 2 is 1.60 bits per heavy atom. The number of nitrogens with zero attached hydrogens (tertiary/aromatic N) is 4. The average Bonchev–Trinajstić information content (AvgIpc) is 4.09. The van der Waals surface area contributed by atoms with Gasteiger partial charge in [-0.2, -0.15) is 0 Å². The molecular formula is C49H64N8O8. The second kappa shape index (κ2) is 19.5. The number of amides is 4. The molecule has 2 fully saturated rings. The third kappa shape index (κ3) is 9.77. The predicted molar refractivity (Wildman–Crippen MR) is 248 cm³/mol. The Morgan fingerprint density at radius 1 is 0.877 bits per heavy atom. The second-order valence-electron chi connectivity index (χ2n) is 19.0. The number of likely N-dealkylation sites (tertiary alicyclic amines) is 2. The average molecular weight is 893 g/mol. The Bertz CT molecular complexity index is 2540. The quantitative estimate of drug-likeness (QED) is 0.0854. The molecule has 0 bridgehead atoms. The number of nitrogens with one attached hydrogen (secondary N) is 4. The zero-order valence-electron chi connectivity index (χ0n) is 39.2. The highest BCUT2D eigenvalue weighted by molar-refractivity contribution is 6.07. The molecule has 5 heterocycles. The number of hydrogen-bond donors (Lipinski definition) is 5. The topological polar surface area (TPSA) is 204 Å². The van der Waals surface area contributed by atoms with Gasteiger partial charge < -0.3 is 49.7 Å². The van der Waals surface area contributed by atoms with E-state index in [2.05, 4.69) is 71.7 Å². The number of imidazole rings is 2. The number of alkyl carbamates (subject to hydrolysis) is 1. The highest BCUT2D eigenvalue weighted by Gasteiger charge is 2.43. The summed E-state index contributed by atoms with van der Waals surface area (Å²) >= 11 is 0. The number of carboxylic acid groups (broad SMARTS) is 1. The van der Waals surface area contributed by atoms with Crippen LogP contribution >= 0.6 is 0 Å². The van der Waals surface area contributed by atoms with Crippen molar-refractivity contribution < 1.29 is 38.5 Å². The lowest BCUT2D eigenvalue weighted by Gasteiger charge is -2.32. The molecular weight excluding hydrogens is 829 g/mol. The molecule has 0 aliphatic carbocycles. The predicted octanol–water partition coefficient (Wildman–Crippen LogP) is 8.59. The van der Waals surface area contributed by atoms with Crippen molar-refractivity contribution in [1.29, 1.82) is 0 Å². The van der Waals surface area contributed by atoms with Crippen LogP contribution in [0.3, 0.4) is 0 Å². The highest BCUT2D eigenvalue weighted by atomic mass is 16.5. The number of aromatic nitrogens is 4. The zero-order chi connectivity index (χ0) is 46.9. The monoisotopic (exact) mass is 892 g/mol. The minimum absolute atomic E-state index is 0.0707. The summed E-state index contributed by atoms with van der Waals surface area (Å²) in [4.78, 5) is 71.9. The van der Waals surface area contributed by atoms with Gasteiger partial charge in [0.15, 0.2) is 0 Å².